The summed E-state index contributed by atoms with van der Waals surface area (Å²) in [6.07, 6.45) is 1.96. The molecular formula is C23H21N3O3. The summed E-state index contributed by atoms with van der Waals surface area (Å²) in [6, 6.07) is 16.1. The van der Waals surface area contributed by atoms with E-state index >= 15 is 0 Å². The maximum absolute atomic E-state index is 13.4. The van der Waals surface area contributed by atoms with E-state index in [1.807, 2.05) is 12.1 Å². The van der Waals surface area contributed by atoms with Crippen LogP contribution in [0.25, 0.3) is 0 Å². The highest BCUT2D eigenvalue weighted by atomic mass is 16.3. The van der Waals surface area contributed by atoms with Crippen LogP contribution in [0, 0.1) is 23.2 Å². The second-order valence-electron chi connectivity index (χ2n) is 8.11. The van der Waals surface area contributed by atoms with E-state index in [1.165, 1.54) is 4.90 Å². The van der Waals surface area contributed by atoms with Gasteiger partial charge in [-0.25, -0.2) is 0 Å². The second-order valence-corrected chi connectivity index (χ2v) is 8.11. The number of hydrogen-bond acceptors (Lipinski definition) is 5. The predicted octanol–water partition coefficient (Wildman–Crippen LogP) is 2.58. The van der Waals surface area contributed by atoms with Crippen LogP contribution in [0.3, 0.4) is 0 Å². The lowest BCUT2D eigenvalue weighted by molar-refractivity contribution is -0.142. The van der Waals surface area contributed by atoms with E-state index in [0.29, 0.717) is 5.56 Å². The predicted molar refractivity (Wildman–Crippen MR) is 104 cm³/mol. The van der Waals surface area contributed by atoms with Crippen molar-refractivity contribution in [1.29, 1.82) is 5.26 Å². The topological polar surface area (TPSA) is 84.6 Å². The summed E-state index contributed by atoms with van der Waals surface area (Å²) < 4.78 is 0. The number of nitriles is 1. The molecule has 6 nitrogen and oxygen atoms in total. The quantitative estimate of drug-likeness (QED) is 0.819. The Kier molecular flexibility index (Phi) is 4.14. The normalized spacial score (nSPS) is 28.4. The molecule has 3 saturated heterocycles. The summed E-state index contributed by atoms with van der Waals surface area (Å²) >= 11 is 0. The van der Waals surface area contributed by atoms with Crippen LogP contribution in [-0.2, 0) is 16.1 Å². The Hall–Kier alpha value is -3.17. The third kappa shape index (κ3) is 2.73. The Labute approximate surface area is 169 Å². The molecule has 0 radical (unpaired) electrons. The first-order chi connectivity index (χ1) is 14.1. The standard InChI is InChI=1S/C23H21N3O3/c24-12-14-3-7-16(8-4-14)21-20-19(18-2-1-11-25(18)21)22(28)26(23(20)29)13-15-5-9-17(27)10-6-15/h3-10,18-21,27H,1-2,11,13H2/t18-,19-,20-,21-/m0/s1. The Morgan fingerprint density at radius 3 is 2.38 bits per heavy atom. The van der Waals surface area contributed by atoms with Gasteiger partial charge < -0.3 is 5.11 Å². The summed E-state index contributed by atoms with van der Waals surface area (Å²) in [6.45, 7) is 1.12. The molecule has 146 valence electrons. The second kappa shape index (κ2) is 6.71. The van der Waals surface area contributed by atoms with Gasteiger partial charge in [-0.05, 0) is 54.8 Å². The van der Waals surface area contributed by atoms with E-state index in [2.05, 4.69) is 11.0 Å². The minimum Gasteiger partial charge on any atom is -0.508 e. The fraction of sp³-hybridized carbons (Fsp3) is 0.348. The number of imide groups is 1. The van der Waals surface area contributed by atoms with Crippen LogP contribution in [0.4, 0.5) is 0 Å². The number of carbonyl (C=O) groups is 2. The molecule has 0 aliphatic carbocycles. The fourth-order valence-corrected chi connectivity index (χ4v) is 5.36. The molecule has 29 heavy (non-hydrogen) atoms. The van der Waals surface area contributed by atoms with Gasteiger partial charge in [-0.1, -0.05) is 24.3 Å². The van der Waals surface area contributed by atoms with Crippen LogP contribution in [0.15, 0.2) is 48.5 Å². The number of benzene rings is 2. The Balaban J connectivity index is 1.49. The first-order valence-electron chi connectivity index (χ1n) is 9.97. The summed E-state index contributed by atoms with van der Waals surface area (Å²) in [5.74, 6) is -0.717. The summed E-state index contributed by atoms with van der Waals surface area (Å²) in [4.78, 5) is 30.4. The van der Waals surface area contributed by atoms with Gasteiger partial charge in [0.25, 0.3) is 0 Å². The van der Waals surface area contributed by atoms with Crippen LogP contribution in [0.2, 0.25) is 0 Å². The van der Waals surface area contributed by atoms with Gasteiger partial charge >= 0.3 is 0 Å². The van der Waals surface area contributed by atoms with Gasteiger partial charge in [-0.3, -0.25) is 19.4 Å². The van der Waals surface area contributed by atoms with Crippen molar-refractivity contribution >= 4 is 11.8 Å². The van der Waals surface area contributed by atoms with Gasteiger partial charge in [-0.15, -0.1) is 0 Å². The molecule has 0 unspecified atom stereocenters. The number of carbonyl (C=O) groups excluding carboxylic acids is 2. The third-order valence-corrected chi connectivity index (χ3v) is 6.60. The molecular weight excluding hydrogens is 366 g/mol. The average Bonchev–Trinajstić information content (AvgIpc) is 3.38. The lowest BCUT2D eigenvalue weighted by atomic mass is 9.85. The molecule has 6 heteroatoms. The number of amides is 2. The lowest BCUT2D eigenvalue weighted by Crippen LogP contribution is -2.38. The Morgan fingerprint density at radius 1 is 1.00 bits per heavy atom. The van der Waals surface area contributed by atoms with Crippen LogP contribution in [0.1, 0.15) is 35.6 Å². The Morgan fingerprint density at radius 2 is 1.69 bits per heavy atom. The van der Waals surface area contributed by atoms with Crippen molar-refractivity contribution in [3.63, 3.8) is 0 Å². The first-order valence-corrected chi connectivity index (χ1v) is 9.97. The maximum atomic E-state index is 13.4. The van der Waals surface area contributed by atoms with Crippen LogP contribution >= 0.6 is 0 Å². The molecule has 0 bridgehead atoms. The van der Waals surface area contributed by atoms with Crippen molar-refractivity contribution in [1.82, 2.24) is 9.80 Å². The highest BCUT2D eigenvalue weighted by molar-refractivity contribution is 6.06. The molecule has 3 aliphatic heterocycles. The van der Waals surface area contributed by atoms with E-state index in [0.717, 1.165) is 30.5 Å². The number of fused-ring (bicyclic) bond motifs is 3. The highest BCUT2D eigenvalue weighted by Gasteiger charge is 2.62. The number of likely N-dealkylation sites (tertiary alicyclic amines) is 1. The fourth-order valence-electron chi connectivity index (χ4n) is 5.36. The number of phenolic OH excluding ortho intramolecular Hbond substituents is 1. The molecule has 3 fully saturated rings. The van der Waals surface area contributed by atoms with Gasteiger partial charge in [-0.2, -0.15) is 5.26 Å². The van der Waals surface area contributed by atoms with E-state index in [-0.39, 0.29) is 48.0 Å². The molecule has 2 aromatic carbocycles. The molecule has 3 heterocycles. The largest absolute Gasteiger partial charge is 0.508 e. The van der Waals surface area contributed by atoms with Gasteiger partial charge in [0.15, 0.2) is 0 Å². The molecule has 0 aromatic heterocycles. The minimum atomic E-state index is -0.377. The zero-order chi connectivity index (χ0) is 20.1. The van der Waals surface area contributed by atoms with Crippen molar-refractivity contribution in [2.75, 3.05) is 6.54 Å². The van der Waals surface area contributed by atoms with Gasteiger partial charge in [0.1, 0.15) is 5.75 Å². The summed E-state index contributed by atoms with van der Waals surface area (Å²) in [5, 5.41) is 18.6. The summed E-state index contributed by atoms with van der Waals surface area (Å²) in [5.41, 5.74) is 2.41. The molecule has 4 atom stereocenters. The average molecular weight is 387 g/mol. The Bertz CT molecular complexity index is 1010. The van der Waals surface area contributed by atoms with Crippen molar-refractivity contribution in [2.45, 2.75) is 31.5 Å². The van der Waals surface area contributed by atoms with Crippen molar-refractivity contribution in [3.8, 4) is 11.8 Å². The molecule has 1 N–H and O–H groups in total. The SMILES string of the molecule is N#Cc1ccc([C@H]2[C@H]3C(=O)N(Cc4ccc(O)cc4)C(=O)[C@H]3[C@@H]3CCCN32)cc1. The summed E-state index contributed by atoms with van der Waals surface area (Å²) in [7, 11) is 0. The molecule has 0 saturated carbocycles. The highest BCUT2D eigenvalue weighted by Crippen LogP contribution is 2.53. The molecule has 5 rings (SSSR count). The van der Waals surface area contributed by atoms with Gasteiger partial charge in [0, 0.05) is 12.1 Å². The van der Waals surface area contributed by atoms with E-state index in [4.69, 9.17) is 5.26 Å². The van der Waals surface area contributed by atoms with E-state index in [9.17, 15) is 14.7 Å². The molecule has 0 spiro atoms. The molecule has 2 amide bonds. The number of aromatic hydroxyl groups is 1. The monoisotopic (exact) mass is 387 g/mol. The minimum absolute atomic E-state index is 0.0823. The smallest absolute Gasteiger partial charge is 0.235 e. The van der Waals surface area contributed by atoms with Crippen LogP contribution in [-0.4, -0.2) is 39.3 Å². The van der Waals surface area contributed by atoms with Gasteiger partial charge in [0.05, 0.1) is 30.0 Å². The zero-order valence-electron chi connectivity index (χ0n) is 15.9. The molecule has 2 aromatic rings. The van der Waals surface area contributed by atoms with E-state index in [1.54, 1.807) is 36.4 Å². The van der Waals surface area contributed by atoms with Crippen LogP contribution < -0.4 is 0 Å². The zero-order valence-corrected chi connectivity index (χ0v) is 15.9. The number of phenols is 1. The third-order valence-electron chi connectivity index (χ3n) is 6.60. The number of rotatable bonds is 3. The number of hydrogen-bond donors (Lipinski definition) is 1. The van der Waals surface area contributed by atoms with E-state index < -0.39 is 0 Å². The van der Waals surface area contributed by atoms with Gasteiger partial charge in [0.2, 0.25) is 11.8 Å². The maximum Gasteiger partial charge on any atom is 0.235 e. The van der Waals surface area contributed by atoms with Crippen molar-refractivity contribution in [3.05, 3.63) is 65.2 Å². The first kappa shape index (κ1) is 17.9. The van der Waals surface area contributed by atoms with Crippen LogP contribution in [0.5, 0.6) is 5.75 Å². The van der Waals surface area contributed by atoms with Crippen molar-refractivity contribution in [2.24, 2.45) is 11.8 Å². The number of nitrogens with zero attached hydrogens (tertiary/aromatic N) is 3. The molecule has 3 aliphatic rings. The lowest BCUT2D eigenvalue weighted by Gasteiger charge is -2.29. The van der Waals surface area contributed by atoms with Crippen molar-refractivity contribution < 1.29 is 14.7 Å².